The zero-order valence-electron chi connectivity index (χ0n) is 21.2. The summed E-state index contributed by atoms with van der Waals surface area (Å²) < 4.78 is 46.4. The van der Waals surface area contributed by atoms with Crippen LogP contribution in [0.2, 0.25) is 0 Å². The number of hydrogen-bond acceptors (Lipinski definition) is 8. The molecule has 0 radical (unpaired) electrons. The van der Waals surface area contributed by atoms with Crippen molar-refractivity contribution in [2.24, 2.45) is 4.99 Å². The van der Waals surface area contributed by atoms with Gasteiger partial charge in [-0.25, -0.2) is 8.42 Å². The molecule has 0 aliphatic carbocycles. The van der Waals surface area contributed by atoms with Crippen molar-refractivity contribution in [1.82, 2.24) is 8.87 Å². The molecule has 0 saturated carbocycles. The lowest BCUT2D eigenvalue weighted by molar-refractivity contribution is -0.143. The molecule has 0 N–H and O–H groups in total. The molecule has 10 nitrogen and oxygen atoms in total. The number of rotatable bonds is 7. The average molecular weight is 560 g/mol. The minimum Gasteiger partial charge on any atom is -0.466 e. The minimum absolute atomic E-state index is 0.0553. The first kappa shape index (κ1) is 26.4. The number of hydrogen-bond donors (Lipinski definition) is 0. The van der Waals surface area contributed by atoms with Crippen molar-refractivity contribution in [3.8, 4) is 11.5 Å². The highest BCUT2D eigenvalue weighted by Crippen LogP contribution is 2.37. The third-order valence-corrected chi connectivity index (χ3v) is 9.74. The van der Waals surface area contributed by atoms with E-state index >= 15 is 0 Å². The van der Waals surface area contributed by atoms with E-state index in [0.717, 1.165) is 29.5 Å². The molecular weight excluding hydrogens is 530 g/mol. The van der Waals surface area contributed by atoms with Gasteiger partial charge in [0.05, 0.1) is 28.1 Å². The summed E-state index contributed by atoms with van der Waals surface area (Å²) in [4.78, 5) is 30.1. The summed E-state index contributed by atoms with van der Waals surface area (Å²) >= 11 is 1.29. The van der Waals surface area contributed by atoms with Crippen molar-refractivity contribution < 1.29 is 32.2 Å². The van der Waals surface area contributed by atoms with E-state index in [9.17, 15) is 18.0 Å². The first-order valence-corrected chi connectivity index (χ1v) is 14.8. The smallest absolute Gasteiger partial charge is 0.307 e. The van der Waals surface area contributed by atoms with Gasteiger partial charge in [0.25, 0.3) is 5.91 Å². The first-order chi connectivity index (χ1) is 18.3. The Morgan fingerprint density at radius 1 is 1.13 bits per heavy atom. The monoisotopic (exact) mass is 559 g/mol. The van der Waals surface area contributed by atoms with E-state index in [2.05, 4.69) is 4.99 Å². The van der Waals surface area contributed by atoms with Crippen LogP contribution < -0.4 is 14.3 Å². The van der Waals surface area contributed by atoms with Crippen molar-refractivity contribution in [1.29, 1.82) is 0 Å². The van der Waals surface area contributed by atoms with Gasteiger partial charge in [0.1, 0.15) is 0 Å². The number of piperidine rings is 1. The molecule has 38 heavy (non-hydrogen) atoms. The Morgan fingerprint density at radius 3 is 2.58 bits per heavy atom. The number of sulfonamides is 1. The third-order valence-electron chi connectivity index (χ3n) is 6.67. The Hall–Kier alpha value is -3.22. The lowest BCUT2D eigenvalue weighted by Crippen LogP contribution is -2.41. The second-order valence-electron chi connectivity index (χ2n) is 9.17. The molecule has 1 saturated heterocycles. The van der Waals surface area contributed by atoms with Crippen LogP contribution in [0.25, 0.3) is 10.2 Å². The predicted molar refractivity (Wildman–Crippen MR) is 141 cm³/mol. The molecule has 2 aliphatic heterocycles. The van der Waals surface area contributed by atoms with Crippen LogP contribution in [0.5, 0.6) is 11.5 Å². The number of carbonyl (C=O) groups is 2. The number of esters is 1. The fourth-order valence-electron chi connectivity index (χ4n) is 4.68. The van der Waals surface area contributed by atoms with Crippen LogP contribution in [0.1, 0.15) is 49.9 Å². The Bertz CT molecular complexity index is 1540. The van der Waals surface area contributed by atoms with Crippen LogP contribution in [0.15, 0.2) is 46.3 Å². The van der Waals surface area contributed by atoms with E-state index < -0.39 is 15.9 Å². The van der Waals surface area contributed by atoms with Gasteiger partial charge < -0.3 is 18.8 Å². The molecular formula is C26H29N3O7S2. The van der Waals surface area contributed by atoms with Crippen LogP contribution in [-0.4, -0.2) is 55.2 Å². The Morgan fingerprint density at radius 2 is 1.87 bits per heavy atom. The molecule has 2 aromatic carbocycles. The number of ether oxygens (including phenoxy) is 3. The molecule has 1 aromatic heterocycles. The molecule has 0 bridgehead atoms. The van der Waals surface area contributed by atoms with Gasteiger partial charge in [-0.2, -0.15) is 9.30 Å². The summed E-state index contributed by atoms with van der Waals surface area (Å²) in [6.07, 6.45) is 2.80. The lowest BCUT2D eigenvalue weighted by Gasteiger charge is -2.32. The number of fused-ring (bicyclic) bond motifs is 2. The zero-order chi connectivity index (χ0) is 26.9. The van der Waals surface area contributed by atoms with Crippen molar-refractivity contribution in [3.63, 3.8) is 0 Å². The van der Waals surface area contributed by atoms with Gasteiger partial charge in [-0.3, -0.25) is 9.59 Å². The highest BCUT2D eigenvalue weighted by Gasteiger charge is 2.31. The van der Waals surface area contributed by atoms with Crippen molar-refractivity contribution in [2.75, 3.05) is 19.9 Å². The maximum Gasteiger partial charge on any atom is 0.307 e. The largest absolute Gasteiger partial charge is 0.466 e. The van der Waals surface area contributed by atoms with Crippen LogP contribution in [0.4, 0.5) is 0 Å². The predicted octanol–water partition coefficient (Wildman–Crippen LogP) is 3.69. The number of amides is 1. The van der Waals surface area contributed by atoms with Gasteiger partial charge in [0.2, 0.25) is 16.8 Å². The van der Waals surface area contributed by atoms with E-state index in [4.69, 9.17) is 14.2 Å². The lowest BCUT2D eigenvalue weighted by atomic mass is 10.1. The Kier molecular flexibility index (Phi) is 7.55. The minimum atomic E-state index is -3.64. The fourth-order valence-corrected chi connectivity index (χ4v) is 7.45. The summed E-state index contributed by atoms with van der Waals surface area (Å²) in [5.41, 5.74) is 1.02. The molecule has 3 aromatic rings. The summed E-state index contributed by atoms with van der Waals surface area (Å²) in [6.45, 7) is 4.84. The first-order valence-electron chi connectivity index (χ1n) is 12.6. The van der Waals surface area contributed by atoms with Gasteiger partial charge in [-0.05, 0) is 51.0 Å². The molecule has 1 fully saturated rings. The molecule has 12 heteroatoms. The molecule has 0 spiro atoms. The second kappa shape index (κ2) is 10.9. The third kappa shape index (κ3) is 5.20. The molecule has 2 aliphatic rings. The number of nitrogens with zero attached hydrogens (tertiary/aromatic N) is 3. The van der Waals surface area contributed by atoms with E-state index in [0.29, 0.717) is 22.8 Å². The van der Waals surface area contributed by atoms with Crippen molar-refractivity contribution >= 4 is 43.5 Å². The van der Waals surface area contributed by atoms with Crippen molar-refractivity contribution in [3.05, 3.63) is 46.8 Å². The maximum atomic E-state index is 13.1. The quantitative estimate of drug-likeness (QED) is 0.405. The standard InChI is InChI=1S/C26H29N3O7S2/c1-3-34-24(30)11-13-28-20-14-21-22(36-16-35-21)15-23(20)37-26(28)27-25(31)18-7-9-19(10-8-18)38(32,33)29-12-5-4-6-17(29)2/h7-10,14-15,17H,3-6,11-13,16H2,1-2H3. The fraction of sp³-hybridized carbons (Fsp3) is 0.423. The van der Waals surface area contributed by atoms with Gasteiger partial charge in [0, 0.05) is 36.8 Å². The van der Waals surface area contributed by atoms with Gasteiger partial charge in [0.15, 0.2) is 16.3 Å². The number of carbonyl (C=O) groups excluding carboxylic acids is 2. The van der Waals surface area contributed by atoms with E-state index in [-0.39, 0.29) is 48.8 Å². The zero-order valence-corrected chi connectivity index (χ0v) is 22.8. The molecule has 1 unspecified atom stereocenters. The van der Waals surface area contributed by atoms with Gasteiger partial charge in [-0.1, -0.05) is 17.8 Å². The van der Waals surface area contributed by atoms with Crippen LogP contribution in [-0.2, 0) is 26.1 Å². The maximum absolute atomic E-state index is 13.1. The molecule has 1 atom stereocenters. The Balaban J connectivity index is 1.46. The van der Waals surface area contributed by atoms with E-state index in [1.807, 2.05) is 19.1 Å². The summed E-state index contributed by atoms with van der Waals surface area (Å²) in [6, 6.07) is 9.47. The number of aromatic nitrogens is 1. The molecule has 3 heterocycles. The number of aryl methyl sites for hydroxylation is 1. The second-order valence-corrected chi connectivity index (χ2v) is 12.1. The summed E-state index contributed by atoms with van der Waals surface area (Å²) in [5.74, 6) is 0.320. The van der Waals surface area contributed by atoms with Crippen LogP contribution in [0.3, 0.4) is 0 Å². The molecule has 202 valence electrons. The van der Waals surface area contributed by atoms with Gasteiger partial charge >= 0.3 is 5.97 Å². The molecule has 5 rings (SSSR count). The summed E-state index contributed by atoms with van der Waals surface area (Å²) in [7, 11) is -3.64. The highest BCUT2D eigenvalue weighted by molar-refractivity contribution is 7.89. The number of benzene rings is 2. The SMILES string of the molecule is CCOC(=O)CCn1c(=NC(=O)c2ccc(S(=O)(=O)N3CCCCC3C)cc2)sc2cc3c(cc21)OCO3. The topological polar surface area (TPSA) is 117 Å². The van der Waals surface area contributed by atoms with E-state index in [1.165, 1.54) is 39.9 Å². The highest BCUT2D eigenvalue weighted by atomic mass is 32.2. The summed E-state index contributed by atoms with van der Waals surface area (Å²) in [5, 5.41) is 0. The molecule has 1 amide bonds. The van der Waals surface area contributed by atoms with Crippen LogP contribution in [0, 0.1) is 0 Å². The van der Waals surface area contributed by atoms with Crippen LogP contribution >= 0.6 is 11.3 Å². The van der Waals surface area contributed by atoms with Crippen molar-refractivity contribution in [2.45, 2.75) is 57.0 Å². The average Bonchev–Trinajstić information content (AvgIpc) is 3.49. The van der Waals surface area contributed by atoms with E-state index in [1.54, 1.807) is 11.5 Å². The Labute approximate surface area is 224 Å². The normalized spacial score (nSPS) is 18.2. The number of thiazole rings is 1. The van der Waals surface area contributed by atoms with Gasteiger partial charge in [-0.15, -0.1) is 0 Å².